The van der Waals surface area contributed by atoms with Crippen molar-refractivity contribution in [2.75, 3.05) is 0 Å². The molecule has 52 heavy (non-hydrogen) atoms. The molecule has 5 rings (SSSR count). The van der Waals surface area contributed by atoms with Gasteiger partial charge < -0.3 is 10.6 Å². The minimum absolute atomic E-state index is 0.0364. The Morgan fingerprint density at radius 1 is 0.538 bits per heavy atom. The first-order valence-corrected chi connectivity index (χ1v) is 16.4. The highest BCUT2D eigenvalue weighted by atomic mass is 16.2. The minimum Gasteiger partial charge on any atom is -0.340 e. The Morgan fingerprint density at radius 3 is 1.33 bits per heavy atom. The van der Waals surface area contributed by atoms with Crippen LogP contribution in [0.3, 0.4) is 0 Å². The van der Waals surface area contributed by atoms with Gasteiger partial charge in [-0.25, -0.2) is 10.9 Å². The third-order valence-corrected chi connectivity index (χ3v) is 7.90. The smallest absolute Gasteiger partial charge is 0.262 e. The standard InChI is InChI=1S/C39H37N9O4/c1-26(30-15-9-17-40-22-30)45-47-38(51)34(19-28-11-5-3-6-12-28)43-36(49)32-21-33(25-42-24-32)37(50)44-35(20-29-13-7-4-8-14-29)39(52)48-46-27(2)31-16-10-18-41-23-31/h3-18,21-25,34-35H,19-20H2,1-2H3,(H,43,49)(H,44,50)(H,47,51)(H,48,52)/b45-26+,46-27+/t34-,35-/m0/s1. The van der Waals surface area contributed by atoms with E-state index in [1.165, 1.54) is 18.5 Å². The second-order valence-electron chi connectivity index (χ2n) is 11.7. The van der Waals surface area contributed by atoms with Crippen LogP contribution in [0.1, 0.15) is 56.8 Å². The van der Waals surface area contributed by atoms with Gasteiger partial charge in [-0.1, -0.05) is 72.8 Å². The molecule has 0 saturated carbocycles. The molecule has 4 amide bonds. The third-order valence-electron chi connectivity index (χ3n) is 7.90. The number of nitrogens with zero attached hydrogens (tertiary/aromatic N) is 5. The summed E-state index contributed by atoms with van der Waals surface area (Å²) < 4.78 is 0. The molecule has 3 heterocycles. The Kier molecular flexibility index (Phi) is 12.7. The highest BCUT2D eigenvalue weighted by molar-refractivity contribution is 6.03. The van der Waals surface area contributed by atoms with Crippen LogP contribution in [0, 0.1) is 0 Å². The molecule has 0 aliphatic heterocycles. The van der Waals surface area contributed by atoms with Gasteiger partial charge in [0.2, 0.25) is 0 Å². The fourth-order valence-electron chi connectivity index (χ4n) is 5.01. The average molecular weight is 696 g/mol. The van der Waals surface area contributed by atoms with E-state index in [-0.39, 0.29) is 24.0 Å². The van der Waals surface area contributed by atoms with Crippen LogP contribution in [-0.4, -0.2) is 62.1 Å². The highest BCUT2D eigenvalue weighted by Crippen LogP contribution is 2.10. The lowest BCUT2D eigenvalue weighted by Crippen LogP contribution is -2.47. The van der Waals surface area contributed by atoms with E-state index >= 15 is 0 Å². The van der Waals surface area contributed by atoms with Gasteiger partial charge in [0, 0.05) is 61.1 Å². The molecule has 0 aliphatic rings. The van der Waals surface area contributed by atoms with Crippen LogP contribution in [-0.2, 0) is 22.4 Å². The molecule has 4 N–H and O–H groups in total. The molecule has 0 radical (unpaired) electrons. The van der Waals surface area contributed by atoms with Gasteiger partial charge in [-0.3, -0.25) is 34.1 Å². The van der Waals surface area contributed by atoms with E-state index in [1.54, 1.807) is 50.8 Å². The Morgan fingerprint density at radius 2 is 0.942 bits per heavy atom. The second-order valence-corrected chi connectivity index (χ2v) is 11.7. The van der Waals surface area contributed by atoms with Crippen molar-refractivity contribution in [2.24, 2.45) is 10.2 Å². The summed E-state index contributed by atoms with van der Waals surface area (Å²) in [5.41, 5.74) is 9.29. The Labute approximate surface area is 300 Å². The van der Waals surface area contributed by atoms with E-state index in [2.05, 4.69) is 46.6 Å². The van der Waals surface area contributed by atoms with Gasteiger partial charge in [0.1, 0.15) is 12.1 Å². The van der Waals surface area contributed by atoms with Crippen LogP contribution in [0.25, 0.3) is 0 Å². The predicted molar refractivity (Wildman–Crippen MR) is 196 cm³/mol. The lowest BCUT2D eigenvalue weighted by molar-refractivity contribution is -0.123. The van der Waals surface area contributed by atoms with Gasteiger partial charge in [0.25, 0.3) is 23.6 Å². The number of hydrogen-bond acceptors (Lipinski definition) is 9. The van der Waals surface area contributed by atoms with Crippen LogP contribution < -0.4 is 21.5 Å². The molecule has 5 aromatic rings. The fraction of sp³-hybridized carbons (Fsp3) is 0.154. The molecule has 0 spiro atoms. The van der Waals surface area contributed by atoms with Crippen molar-refractivity contribution in [3.05, 3.63) is 162 Å². The van der Waals surface area contributed by atoms with Gasteiger partial charge in [-0.05, 0) is 43.2 Å². The summed E-state index contributed by atoms with van der Waals surface area (Å²) in [5.74, 6) is -2.35. The molecule has 13 nitrogen and oxygen atoms in total. The fourth-order valence-corrected chi connectivity index (χ4v) is 5.01. The van der Waals surface area contributed by atoms with Crippen LogP contribution in [0.5, 0.6) is 0 Å². The third kappa shape index (κ3) is 10.6. The maximum atomic E-state index is 13.5. The van der Waals surface area contributed by atoms with Crippen LogP contribution in [0.2, 0.25) is 0 Å². The molecule has 13 heteroatoms. The highest BCUT2D eigenvalue weighted by Gasteiger charge is 2.25. The number of rotatable bonds is 14. The first kappa shape index (κ1) is 36.4. The number of benzene rings is 2. The predicted octanol–water partition coefficient (Wildman–Crippen LogP) is 3.63. The lowest BCUT2D eigenvalue weighted by atomic mass is 10.0. The zero-order valence-electron chi connectivity index (χ0n) is 28.6. The van der Waals surface area contributed by atoms with Gasteiger partial charge >= 0.3 is 0 Å². The van der Waals surface area contributed by atoms with Crippen LogP contribution in [0.15, 0.2) is 138 Å². The van der Waals surface area contributed by atoms with Crippen molar-refractivity contribution in [3.8, 4) is 0 Å². The molecular formula is C39H37N9O4. The second kappa shape index (κ2) is 18.2. The quantitative estimate of drug-likeness (QED) is 0.101. The Bertz CT molecular complexity index is 1900. The van der Waals surface area contributed by atoms with E-state index < -0.39 is 35.7 Å². The molecule has 0 aliphatic carbocycles. The van der Waals surface area contributed by atoms with Crippen molar-refractivity contribution >= 4 is 35.1 Å². The summed E-state index contributed by atoms with van der Waals surface area (Å²) in [5, 5.41) is 13.9. The average Bonchev–Trinajstić information content (AvgIpc) is 3.19. The van der Waals surface area contributed by atoms with Crippen molar-refractivity contribution in [1.29, 1.82) is 0 Å². The van der Waals surface area contributed by atoms with E-state index in [0.29, 0.717) is 11.4 Å². The van der Waals surface area contributed by atoms with Crippen molar-refractivity contribution in [3.63, 3.8) is 0 Å². The molecule has 262 valence electrons. The van der Waals surface area contributed by atoms with Gasteiger partial charge in [-0.2, -0.15) is 10.2 Å². The van der Waals surface area contributed by atoms with E-state index in [9.17, 15) is 19.2 Å². The molecule has 2 aromatic carbocycles. The zero-order chi connectivity index (χ0) is 36.7. The molecule has 3 aromatic heterocycles. The molecule has 0 saturated heterocycles. The number of aromatic nitrogens is 3. The monoisotopic (exact) mass is 695 g/mol. The zero-order valence-corrected chi connectivity index (χ0v) is 28.6. The van der Waals surface area contributed by atoms with Crippen molar-refractivity contribution in [2.45, 2.75) is 38.8 Å². The molecule has 0 bridgehead atoms. The lowest BCUT2D eigenvalue weighted by Gasteiger charge is -2.19. The minimum atomic E-state index is -1.02. The normalized spacial score (nSPS) is 12.6. The number of pyridine rings is 3. The SMILES string of the molecule is C/C(=N\NC(=O)[C@H](Cc1ccccc1)NC(=O)c1cncc(C(=O)N[C@@H](Cc2ccccc2)C(=O)N/N=C(\C)c2cccnc2)c1)c1cccnc1. The molecular weight excluding hydrogens is 658 g/mol. The molecule has 0 fully saturated rings. The largest absolute Gasteiger partial charge is 0.340 e. The topological polar surface area (TPSA) is 180 Å². The molecule has 2 atom stereocenters. The summed E-state index contributed by atoms with van der Waals surface area (Å²) in [7, 11) is 0. The van der Waals surface area contributed by atoms with Crippen LogP contribution >= 0.6 is 0 Å². The van der Waals surface area contributed by atoms with E-state index in [4.69, 9.17) is 0 Å². The van der Waals surface area contributed by atoms with Gasteiger partial charge in [0.15, 0.2) is 0 Å². The van der Waals surface area contributed by atoms with Gasteiger partial charge in [-0.15, -0.1) is 0 Å². The Hall–Kier alpha value is -6.89. The number of carbonyl (C=O) groups is 4. The summed E-state index contributed by atoms with van der Waals surface area (Å²) in [6, 6.07) is 24.9. The Balaban J connectivity index is 1.30. The van der Waals surface area contributed by atoms with Gasteiger partial charge in [0.05, 0.1) is 22.6 Å². The van der Waals surface area contributed by atoms with Crippen LogP contribution in [0.4, 0.5) is 0 Å². The first-order valence-electron chi connectivity index (χ1n) is 16.4. The maximum Gasteiger partial charge on any atom is 0.262 e. The number of hydrogen-bond donors (Lipinski definition) is 4. The summed E-state index contributed by atoms with van der Waals surface area (Å²) in [6.45, 7) is 3.46. The maximum absolute atomic E-state index is 13.5. The molecule has 0 unspecified atom stereocenters. The number of nitrogens with one attached hydrogen (secondary N) is 4. The number of amides is 4. The first-order chi connectivity index (χ1) is 25.3. The van der Waals surface area contributed by atoms with E-state index in [1.807, 2.05) is 72.8 Å². The summed E-state index contributed by atoms with van der Waals surface area (Å²) >= 11 is 0. The number of hydrazone groups is 2. The van der Waals surface area contributed by atoms with E-state index in [0.717, 1.165) is 22.3 Å². The van der Waals surface area contributed by atoms with Crippen molar-refractivity contribution in [1.82, 2.24) is 36.4 Å². The number of carbonyl (C=O) groups excluding carboxylic acids is 4. The summed E-state index contributed by atoms with van der Waals surface area (Å²) in [6.07, 6.45) is 9.45. The summed E-state index contributed by atoms with van der Waals surface area (Å²) in [4.78, 5) is 66.0. The van der Waals surface area contributed by atoms with Crippen molar-refractivity contribution < 1.29 is 19.2 Å².